The topological polar surface area (TPSA) is 175 Å². The van der Waals surface area contributed by atoms with Crippen molar-refractivity contribution >= 4 is 35.1 Å². The van der Waals surface area contributed by atoms with Gasteiger partial charge in [-0.25, -0.2) is 9.59 Å². The third-order valence-corrected chi connectivity index (χ3v) is 14.6. The number of carboxylic acids is 2. The minimum absolute atomic E-state index is 0.0887. The monoisotopic (exact) mass is 937 g/mol. The molecule has 3 aromatic carbocycles. The minimum Gasteiger partial charge on any atom is -0.494 e. The number of pyridine rings is 1. The summed E-state index contributed by atoms with van der Waals surface area (Å²) in [5.74, 6) is 0.744. The van der Waals surface area contributed by atoms with Crippen molar-refractivity contribution in [3.63, 3.8) is 0 Å². The molecule has 13 nitrogen and oxygen atoms in total. The lowest BCUT2D eigenvalue weighted by atomic mass is 9.59. The van der Waals surface area contributed by atoms with E-state index >= 15 is 0 Å². The van der Waals surface area contributed by atoms with Crippen molar-refractivity contribution in [1.29, 1.82) is 0 Å². The van der Waals surface area contributed by atoms with Crippen molar-refractivity contribution in [3.05, 3.63) is 112 Å². The number of hydrogen-bond acceptors (Lipinski definition) is 10. The Balaban J connectivity index is 0.905. The van der Waals surface area contributed by atoms with Crippen molar-refractivity contribution in [2.24, 2.45) is 11.8 Å². The molecule has 0 radical (unpaired) electrons. The van der Waals surface area contributed by atoms with E-state index in [1.54, 1.807) is 30.3 Å². The van der Waals surface area contributed by atoms with Crippen LogP contribution in [-0.2, 0) is 48.5 Å². The first-order valence-corrected chi connectivity index (χ1v) is 24.3. The van der Waals surface area contributed by atoms with E-state index in [1.165, 1.54) is 16.7 Å². The molecule has 1 saturated carbocycles. The number of benzene rings is 3. The van der Waals surface area contributed by atoms with E-state index in [4.69, 9.17) is 35.3 Å². The van der Waals surface area contributed by atoms with Crippen LogP contribution in [0.5, 0.6) is 17.2 Å². The third-order valence-electron chi connectivity index (χ3n) is 14.4. The van der Waals surface area contributed by atoms with E-state index in [-0.39, 0.29) is 48.7 Å². The summed E-state index contributed by atoms with van der Waals surface area (Å²) in [6.07, 6.45) is 9.50. The average molecular weight is 939 g/mol. The second kappa shape index (κ2) is 21.7. The first-order chi connectivity index (χ1) is 32.4. The van der Waals surface area contributed by atoms with E-state index in [2.05, 4.69) is 41.6 Å². The predicted molar refractivity (Wildman–Crippen MR) is 255 cm³/mol. The number of ether oxygens (including phenoxy) is 5. The summed E-state index contributed by atoms with van der Waals surface area (Å²) >= 11 is 6.32. The number of aromatic nitrogens is 1. The van der Waals surface area contributed by atoms with Crippen LogP contribution >= 0.6 is 11.6 Å². The first-order valence-electron chi connectivity index (χ1n) is 24.0. The molecule has 3 aliphatic carbocycles. The number of carbonyl (C=O) groups is 3. The summed E-state index contributed by atoms with van der Waals surface area (Å²) < 4.78 is 29.9. The highest BCUT2D eigenvalue weighted by atomic mass is 35.5. The Morgan fingerprint density at radius 2 is 1.78 bits per heavy atom. The van der Waals surface area contributed by atoms with Gasteiger partial charge in [0.25, 0.3) is 0 Å². The Kier molecular flexibility index (Phi) is 15.6. The number of carboxylic acid groups (broad SMARTS) is 2. The fourth-order valence-electron chi connectivity index (χ4n) is 10.9. The van der Waals surface area contributed by atoms with Gasteiger partial charge >= 0.3 is 11.9 Å². The van der Waals surface area contributed by atoms with Gasteiger partial charge in [-0.3, -0.25) is 9.78 Å². The molecule has 8 rings (SSSR count). The molecule has 1 aromatic heterocycles. The number of halogens is 1. The largest absolute Gasteiger partial charge is 0.494 e. The number of amides is 1. The number of fused-ring (bicyclic) bond motifs is 3. The van der Waals surface area contributed by atoms with E-state index in [9.17, 15) is 24.6 Å². The number of aryl methyl sites for hydroxylation is 1. The summed E-state index contributed by atoms with van der Waals surface area (Å²) in [5, 5.41) is 27.4. The molecule has 5 atom stereocenters. The SMILES string of the molecule is C[C@@H](COc1ccnc2c1[C@H](C)CCC2)C[C@H]1Cc2ccc(OCCCC(=O)NC(Cc3cccc(OC[C@H]4COCCO4)c3)C(=O)O)cc2C12CCC(Nc1cccc(Cl)c1)(C(=O)O)CC2. The lowest BCUT2D eigenvalue weighted by Gasteiger charge is -2.47. The van der Waals surface area contributed by atoms with Gasteiger partial charge in [-0.05, 0) is 153 Å². The number of rotatable bonds is 20. The molecule has 67 heavy (non-hydrogen) atoms. The molecule has 4 N–H and O–H groups in total. The van der Waals surface area contributed by atoms with E-state index < -0.39 is 23.5 Å². The normalized spacial score (nSPS) is 24.1. The van der Waals surface area contributed by atoms with Gasteiger partial charge in [0, 0.05) is 41.0 Å². The highest BCUT2D eigenvalue weighted by molar-refractivity contribution is 6.30. The molecule has 2 heterocycles. The Morgan fingerprint density at radius 1 is 0.955 bits per heavy atom. The summed E-state index contributed by atoms with van der Waals surface area (Å²) in [5.41, 5.74) is 4.82. The molecule has 1 amide bonds. The molecule has 4 aromatic rings. The highest BCUT2D eigenvalue weighted by Crippen LogP contribution is 2.57. The first kappa shape index (κ1) is 48.1. The predicted octanol–water partition coefficient (Wildman–Crippen LogP) is 8.96. The van der Waals surface area contributed by atoms with Gasteiger partial charge in [-0.2, -0.15) is 0 Å². The fourth-order valence-corrected chi connectivity index (χ4v) is 11.1. The summed E-state index contributed by atoms with van der Waals surface area (Å²) in [6, 6.07) is 21.6. The Morgan fingerprint density at radius 3 is 2.55 bits per heavy atom. The Hall–Kier alpha value is -5.37. The van der Waals surface area contributed by atoms with Gasteiger partial charge in [-0.15, -0.1) is 0 Å². The van der Waals surface area contributed by atoms with Crippen LogP contribution in [0.15, 0.2) is 79.0 Å². The van der Waals surface area contributed by atoms with E-state index in [1.807, 2.05) is 36.5 Å². The van der Waals surface area contributed by atoms with Crippen LogP contribution in [0.1, 0.15) is 106 Å². The molecule has 1 aliphatic heterocycles. The van der Waals surface area contributed by atoms with Crippen LogP contribution in [0.4, 0.5) is 5.69 Å². The quantitative estimate of drug-likeness (QED) is 0.0621. The zero-order chi connectivity index (χ0) is 47.0. The molecule has 1 unspecified atom stereocenters. The number of nitrogens with zero attached hydrogens (tertiary/aromatic N) is 1. The maximum atomic E-state index is 13.1. The number of carbonyl (C=O) groups excluding carboxylic acids is 1. The molecule has 0 bridgehead atoms. The molecule has 2 fully saturated rings. The molecule has 1 spiro atoms. The van der Waals surface area contributed by atoms with E-state index in [0.717, 1.165) is 49.1 Å². The second-order valence-corrected chi connectivity index (χ2v) is 19.6. The zero-order valence-corrected chi connectivity index (χ0v) is 39.4. The minimum atomic E-state index is -1.15. The fraction of sp³-hybridized carbons (Fsp3) is 0.509. The Labute approximate surface area is 398 Å². The lowest BCUT2D eigenvalue weighted by molar-refractivity contribution is -0.144. The molecule has 1 saturated heterocycles. The van der Waals surface area contributed by atoms with Crippen LogP contribution in [0.3, 0.4) is 0 Å². The van der Waals surface area contributed by atoms with Crippen LogP contribution in [0.25, 0.3) is 0 Å². The van der Waals surface area contributed by atoms with Crippen molar-refractivity contribution in [2.45, 2.75) is 120 Å². The van der Waals surface area contributed by atoms with E-state index in [0.29, 0.717) is 93.3 Å². The number of anilines is 1. The molecule has 4 aliphatic rings. The van der Waals surface area contributed by atoms with Crippen LogP contribution < -0.4 is 24.8 Å². The number of hydrogen-bond donors (Lipinski definition) is 4. The number of aliphatic carboxylic acids is 2. The average Bonchev–Trinajstić information content (AvgIpc) is 3.60. The van der Waals surface area contributed by atoms with Crippen LogP contribution in [0, 0.1) is 11.8 Å². The maximum Gasteiger partial charge on any atom is 0.329 e. The van der Waals surface area contributed by atoms with Crippen molar-refractivity contribution in [3.8, 4) is 17.2 Å². The van der Waals surface area contributed by atoms with Crippen molar-refractivity contribution in [2.75, 3.05) is 45.0 Å². The van der Waals surface area contributed by atoms with Gasteiger partial charge in [0.1, 0.15) is 41.5 Å². The summed E-state index contributed by atoms with van der Waals surface area (Å²) in [4.78, 5) is 43.1. The molecular weight excluding hydrogens is 874 g/mol. The highest BCUT2D eigenvalue weighted by Gasteiger charge is 2.54. The van der Waals surface area contributed by atoms with Gasteiger partial charge in [-0.1, -0.05) is 49.7 Å². The van der Waals surface area contributed by atoms with Crippen LogP contribution in [0.2, 0.25) is 5.02 Å². The second-order valence-electron chi connectivity index (χ2n) is 19.2. The summed E-state index contributed by atoms with van der Waals surface area (Å²) in [7, 11) is 0. The van der Waals surface area contributed by atoms with Crippen LogP contribution in [-0.4, -0.2) is 90.4 Å². The van der Waals surface area contributed by atoms with Crippen molar-refractivity contribution < 1.29 is 48.3 Å². The van der Waals surface area contributed by atoms with Gasteiger partial charge < -0.3 is 44.5 Å². The smallest absolute Gasteiger partial charge is 0.329 e. The van der Waals surface area contributed by atoms with Gasteiger partial charge in [0.05, 0.1) is 33.0 Å². The third kappa shape index (κ3) is 11.7. The van der Waals surface area contributed by atoms with Crippen molar-refractivity contribution in [1.82, 2.24) is 10.3 Å². The Bertz CT molecular complexity index is 2360. The van der Waals surface area contributed by atoms with Gasteiger partial charge in [0.15, 0.2) is 0 Å². The lowest BCUT2D eigenvalue weighted by Crippen LogP contribution is -2.53. The van der Waals surface area contributed by atoms with Gasteiger partial charge in [0.2, 0.25) is 5.91 Å². The zero-order valence-electron chi connectivity index (χ0n) is 38.6. The molecule has 14 heteroatoms. The number of nitrogens with one attached hydrogen (secondary N) is 2. The molecule has 358 valence electrons. The standard InChI is InChI=1S/C53H64ClN3O10/c1-34(31-67-47-16-21-55-45-12-3-7-35(2)49(45)47)25-38-28-37-14-15-42(30-44(37)52(38)17-19-53(20-18-52,51(61)62)57-40-10-5-9-39(54)29-40)64-22-6-13-48(58)56-46(50(59)60)27-36-8-4-11-41(26-36)66-33-43-32-63-23-24-65-43/h4-5,8-11,14-16,21,26,29-30,34-35,38,43,46,57H,3,6-7,12-13,17-20,22-25,27-28,31-33H2,1-2H3,(H,56,58)(H,59,60)(H,61,62)/t34-,35-,38+,43-,46?,52?,53?/m1/s1. The molecular formula is C53H64ClN3O10. The maximum absolute atomic E-state index is 13.1. The summed E-state index contributed by atoms with van der Waals surface area (Å²) in [6.45, 7) is 7.20.